The van der Waals surface area contributed by atoms with Crippen LogP contribution in [0.2, 0.25) is 0 Å². The molecule has 19 atom stereocenters. The number of aliphatic hydroxyl groups excluding tert-OH is 9. The Morgan fingerprint density at radius 3 is 1.81 bits per heavy atom. The van der Waals surface area contributed by atoms with Gasteiger partial charge in [-0.1, -0.05) is 98.9 Å². The van der Waals surface area contributed by atoms with Crippen LogP contribution in [0.4, 0.5) is 0 Å². The summed E-state index contributed by atoms with van der Waals surface area (Å²) in [6.07, 6.45) is 2.48. The molecule has 0 aliphatic carbocycles. The van der Waals surface area contributed by atoms with E-state index in [2.05, 4.69) is 5.32 Å². The highest BCUT2D eigenvalue weighted by Crippen LogP contribution is 2.38. The van der Waals surface area contributed by atoms with Gasteiger partial charge in [-0.25, -0.2) is 0 Å². The number of allylic oxidation sites excluding steroid dienone is 12. The van der Waals surface area contributed by atoms with Gasteiger partial charge in [0.2, 0.25) is 5.91 Å². The van der Waals surface area contributed by atoms with E-state index >= 15 is 0 Å². The number of carbonyl (C=O) groups is 3. The molecule has 12 N–H and O–H groups in total. The van der Waals surface area contributed by atoms with Crippen molar-refractivity contribution in [3.05, 3.63) is 85.1 Å². The lowest BCUT2D eigenvalue weighted by molar-refractivity contribution is -0.309. The predicted molar refractivity (Wildman–Crippen MR) is 247 cm³/mol. The summed E-state index contributed by atoms with van der Waals surface area (Å²) in [5.74, 6) is -7.49. The molecule has 68 heavy (non-hydrogen) atoms. The van der Waals surface area contributed by atoms with Crippen molar-refractivity contribution in [3.63, 3.8) is 0 Å². The van der Waals surface area contributed by atoms with Crippen molar-refractivity contribution in [1.29, 1.82) is 0 Å². The highest BCUT2D eigenvalue weighted by atomic mass is 16.7. The third-order valence-corrected chi connectivity index (χ3v) is 12.3. The monoisotopic (exact) mass is 965 g/mol. The Balaban J connectivity index is 1.90. The topological polar surface area (TPSA) is 323 Å². The number of cyclic esters (lactones) is 1. The fourth-order valence-electron chi connectivity index (χ4n) is 8.34. The van der Waals surface area contributed by atoms with Crippen LogP contribution in [-0.4, -0.2) is 171 Å². The summed E-state index contributed by atoms with van der Waals surface area (Å²) >= 11 is 0. The number of rotatable bonds is 4. The molecule has 2 saturated heterocycles. The number of amides is 1. The van der Waals surface area contributed by atoms with E-state index < -0.39 is 153 Å². The predicted octanol–water partition coefficient (Wildman–Crippen LogP) is 0.889. The maximum Gasteiger partial charge on any atom is 0.311 e. The van der Waals surface area contributed by atoms with Gasteiger partial charge < -0.3 is 80.4 Å². The van der Waals surface area contributed by atoms with Crippen LogP contribution in [-0.2, 0) is 33.3 Å². The second-order valence-corrected chi connectivity index (χ2v) is 18.2. The minimum Gasteiger partial charge on any atom is -0.481 e. The Bertz CT molecular complexity index is 1780. The van der Waals surface area contributed by atoms with Crippen molar-refractivity contribution in [1.82, 2.24) is 5.32 Å². The van der Waals surface area contributed by atoms with Crippen molar-refractivity contribution in [2.75, 3.05) is 0 Å². The van der Waals surface area contributed by atoms with Crippen LogP contribution in [0.5, 0.6) is 0 Å². The number of aliphatic carboxylic acids is 1. The summed E-state index contributed by atoms with van der Waals surface area (Å²) in [4.78, 5) is 37.1. The van der Waals surface area contributed by atoms with E-state index in [4.69, 9.17) is 18.9 Å². The largest absolute Gasteiger partial charge is 0.481 e. The molecular formula is C49H75NO18. The van der Waals surface area contributed by atoms with Crippen LogP contribution < -0.4 is 5.32 Å². The van der Waals surface area contributed by atoms with Gasteiger partial charge in [0.25, 0.3) is 0 Å². The first-order valence-corrected chi connectivity index (χ1v) is 23.2. The Hall–Kier alpha value is -3.93. The van der Waals surface area contributed by atoms with Crippen molar-refractivity contribution in [2.45, 2.75) is 183 Å². The molecule has 0 aromatic rings. The van der Waals surface area contributed by atoms with Crippen LogP contribution in [0.3, 0.4) is 0 Å². The third kappa shape index (κ3) is 19.5. The first kappa shape index (κ1) is 58.4. The number of carbonyl (C=O) groups excluding carboxylic acids is 2. The molecule has 3 rings (SSSR count). The second kappa shape index (κ2) is 28.7. The number of carboxylic acids is 1. The van der Waals surface area contributed by atoms with Crippen molar-refractivity contribution >= 4 is 17.8 Å². The highest BCUT2D eigenvalue weighted by molar-refractivity contribution is 5.73. The van der Waals surface area contributed by atoms with Gasteiger partial charge in [0, 0.05) is 44.4 Å². The molecule has 384 valence electrons. The molecule has 0 aromatic carbocycles. The minimum absolute atomic E-state index is 0.119. The van der Waals surface area contributed by atoms with Crippen molar-refractivity contribution in [3.8, 4) is 0 Å². The number of carboxylic acid groups (broad SMARTS) is 1. The highest BCUT2D eigenvalue weighted by Gasteiger charge is 2.51. The lowest BCUT2D eigenvalue weighted by Crippen LogP contribution is -2.64. The molecule has 3 aliphatic heterocycles. The maximum atomic E-state index is 12.6. The van der Waals surface area contributed by atoms with Gasteiger partial charge in [-0.3, -0.25) is 14.4 Å². The zero-order valence-electron chi connectivity index (χ0n) is 39.4. The fourth-order valence-corrected chi connectivity index (χ4v) is 8.34. The number of hydrogen-bond donors (Lipinski definition) is 12. The third-order valence-electron chi connectivity index (χ3n) is 12.3. The van der Waals surface area contributed by atoms with E-state index in [-0.39, 0.29) is 31.6 Å². The van der Waals surface area contributed by atoms with Crippen LogP contribution in [0.1, 0.15) is 86.0 Å². The molecule has 19 nitrogen and oxygen atoms in total. The lowest BCUT2D eigenvalue weighted by atomic mass is 9.82. The summed E-state index contributed by atoms with van der Waals surface area (Å²) in [7, 11) is 0. The summed E-state index contributed by atoms with van der Waals surface area (Å²) in [6, 6.07) is -1.21. The second-order valence-electron chi connectivity index (χ2n) is 18.2. The van der Waals surface area contributed by atoms with Gasteiger partial charge in [0.05, 0.1) is 73.5 Å². The Kier molecular flexibility index (Phi) is 24.6. The quantitative estimate of drug-likeness (QED) is 0.174. The van der Waals surface area contributed by atoms with E-state index in [1.165, 1.54) is 19.9 Å². The molecule has 0 aromatic heterocycles. The molecule has 0 unspecified atom stereocenters. The zero-order valence-corrected chi connectivity index (χ0v) is 39.4. The van der Waals surface area contributed by atoms with Crippen molar-refractivity contribution in [2.24, 2.45) is 17.8 Å². The lowest BCUT2D eigenvalue weighted by Gasteiger charge is -2.45. The average Bonchev–Trinajstić information content (AvgIpc) is 3.24. The normalized spacial score (nSPS) is 40.6. The zero-order chi connectivity index (χ0) is 50.7. The van der Waals surface area contributed by atoms with E-state index in [1.807, 2.05) is 13.0 Å². The van der Waals surface area contributed by atoms with E-state index in [1.54, 1.807) is 86.8 Å². The number of fused-ring (bicyclic) bond motifs is 2. The standard InChI is InChI=1S/C49H75NO18/c1-28-18-16-14-12-10-8-6-7-9-11-13-15-17-19-36(67-48-46(61)43(50-32(5)51)45(60)31(4)66-48)25-40-42(47(62)63)39(57)27-49(64,68-40)26-35(54)23-38(56)37(55)21-20-33(52)22-34(53)24-41(58)65-30(3)29(2)44(28)59/h6-19,28-31,33-40,42-46,48,52-57,59-61,64H,20-27H2,1-5H3,(H,50,51)(H,62,63)/t28-,29-,30-,31+,33+,34+,35-,36-,37+,38+,39-,40-,42+,43-,44+,45+,46-,48-,49+/m0/s1. The number of aliphatic hydroxyl groups is 10. The van der Waals surface area contributed by atoms with Gasteiger partial charge >= 0.3 is 11.9 Å². The summed E-state index contributed by atoms with van der Waals surface area (Å²) in [6.45, 7) is 7.90. The van der Waals surface area contributed by atoms with Gasteiger partial charge in [-0.15, -0.1) is 0 Å². The molecule has 3 aliphatic rings. The van der Waals surface area contributed by atoms with Gasteiger partial charge in [-0.2, -0.15) is 0 Å². The first-order valence-electron chi connectivity index (χ1n) is 23.2. The molecule has 2 fully saturated rings. The Labute approximate surface area is 398 Å². The number of esters is 1. The number of hydrogen-bond acceptors (Lipinski definition) is 17. The average molecular weight is 966 g/mol. The summed E-state index contributed by atoms with van der Waals surface area (Å²) in [5, 5.41) is 122. The van der Waals surface area contributed by atoms with Crippen LogP contribution in [0, 0.1) is 17.8 Å². The molecule has 0 radical (unpaired) electrons. The minimum atomic E-state index is -2.36. The van der Waals surface area contributed by atoms with Crippen LogP contribution in [0.15, 0.2) is 85.1 Å². The molecule has 3 heterocycles. The van der Waals surface area contributed by atoms with E-state index in [0.717, 1.165) is 0 Å². The number of ether oxygens (including phenoxy) is 4. The number of nitrogens with one attached hydrogen (secondary N) is 1. The molecule has 19 heteroatoms. The van der Waals surface area contributed by atoms with Gasteiger partial charge in [-0.05, 0) is 33.1 Å². The SMILES string of the molecule is CC(=O)N[C@@H]1[C@H](O)[C@H](O[C@H]2C=CC=CC=CC=CC=CC=CC=C[C@H](C)[C@@H](O)[C@@H](C)[C@H](C)OC(=O)C[C@H](O)C[C@H](O)CC[C@@H](O)[C@H](O)C[C@H](O)C[C@]3(O)C[C@H](O)[C@@H](C(=O)O)[C@H](C2)O3)O[C@H](C)[C@H]1O. The molecule has 2 bridgehead atoms. The van der Waals surface area contributed by atoms with Gasteiger partial charge in [0.15, 0.2) is 12.1 Å². The van der Waals surface area contributed by atoms with E-state index in [9.17, 15) is 70.6 Å². The molecular weight excluding hydrogens is 891 g/mol. The van der Waals surface area contributed by atoms with Crippen LogP contribution >= 0.6 is 0 Å². The molecule has 1 amide bonds. The van der Waals surface area contributed by atoms with Crippen molar-refractivity contribution < 1.29 is 89.5 Å². The smallest absolute Gasteiger partial charge is 0.311 e. The Morgan fingerprint density at radius 1 is 0.662 bits per heavy atom. The molecule has 0 saturated carbocycles. The van der Waals surface area contributed by atoms with Crippen LogP contribution in [0.25, 0.3) is 0 Å². The summed E-state index contributed by atoms with van der Waals surface area (Å²) in [5.41, 5.74) is 0. The fraction of sp³-hybridized carbons (Fsp3) is 0.653. The summed E-state index contributed by atoms with van der Waals surface area (Å²) < 4.78 is 23.3. The maximum absolute atomic E-state index is 12.6. The first-order chi connectivity index (χ1) is 32.0. The van der Waals surface area contributed by atoms with E-state index in [0.29, 0.717) is 0 Å². The Morgan fingerprint density at radius 2 is 1.24 bits per heavy atom. The molecule has 0 spiro atoms. The van der Waals surface area contributed by atoms with Gasteiger partial charge in [0.1, 0.15) is 24.2 Å².